The minimum atomic E-state index is -0.367. The molecule has 78 valence electrons. The monoisotopic (exact) mass is 195 g/mol. The van der Waals surface area contributed by atoms with Gasteiger partial charge < -0.3 is 10.4 Å². The molecule has 14 heavy (non-hydrogen) atoms. The average molecular weight is 195 g/mol. The van der Waals surface area contributed by atoms with Crippen molar-refractivity contribution in [3.63, 3.8) is 0 Å². The van der Waals surface area contributed by atoms with E-state index >= 15 is 0 Å². The Labute approximate surface area is 84.5 Å². The van der Waals surface area contributed by atoms with Crippen LogP contribution in [0.15, 0.2) is 24.3 Å². The topological polar surface area (TPSA) is 49.3 Å². The number of aliphatic hydroxyl groups is 1. The summed E-state index contributed by atoms with van der Waals surface area (Å²) in [6.45, 7) is 1.89. The largest absolute Gasteiger partial charge is 0.391 e. The molecule has 1 fully saturated rings. The Bertz CT molecular complexity index is 246. The molecule has 1 aliphatic carbocycles. The molecule has 1 saturated carbocycles. The van der Waals surface area contributed by atoms with Crippen LogP contribution in [0.4, 0.5) is 0 Å². The Balaban J connectivity index is 2.33. The van der Waals surface area contributed by atoms with Gasteiger partial charge in [0.05, 0.1) is 12.1 Å². The van der Waals surface area contributed by atoms with E-state index in [-0.39, 0.29) is 18.1 Å². The van der Waals surface area contributed by atoms with E-state index in [9.17, 15) is 9.90 Å². The molecule has 0 bridgehead atoms. The molecule has 2 atom stereocenters. The molecule has 0 radical (unpaired) electrons. The van der Waals surface area contributed by atoms with Gasteiger partial charge in [-0.25, -0.2) is 0 Å². The Kier molecular flexibility index (Phi) is 4.40. The van der Waals surface area contributed by atoms with Crippen molar-refractivity contribution in [2.24, 2.45) is 0 Å². The SMILES string of the molecule is C/C=C/C=C/C(=O)NC1CCCC1O. The van der Waals surface area contributed by atoms with E-state index in [1.54, 1.807) is 12.2 Å². The van der Waals surface area contributed by atoms with Gasteiger partial charge in [-0.2, -0.15) is 0 Å². The lowest BCUT2D eigenvalue weighted by Crippen LogP contribution is -2.38. The van der Waals surface area contributed by atoms with Crippen molar-refractivity contribution in [1.82, 2.24) is 5.32 Å². The van der Waals surface area contributed by atoms with Crippen molar-refractivity contribution in [3.8, 4) is 0 Å². The second-order valence-electron chi connectivity index (χ2n) is 3.50. The molecule has 0 aromatic rings. The molecule has 3 nitrogen and oxygen atoms in total. The number of carbonyl (C=O) groups is 1. The molecular weight excluding hydrogens is 178 g/mol. The van der Waals surface area contributed by atoms with Crippen LogP contribution in [0.25, 0.3) is 0 Å². The predicted octanol–water partition coefficient (Wildman–Crippen LogP) is 1.15. The number of hydrogen-bond donors (Lipinski definition) is 2. The van der Waals surface area contributed by atoms with Crippen molar-refractivity contribution >= 4 is 5.91 Å². The van der Waals surface area contributed by atoms with E-state index in [0.29, 0.717) is 0 Å². The van der Waals surface area contributed by atoms with Gasteiger partial charge in [0.15, 0.2) is 0 Å². The number of aliphatic hydroxyl groups excluding tert-OH is 1. The van der Waals surface area contributed by atoms with Gasteiger partial charge in [0, 0.05) is 6.08 Å². The first-order valence-electron chi connectivity index (χ1n) is 5.02. The van der Waals surface area contributed by atoms with Crippen LogP contribution in [-0.4, -0.2) is 23.2 Å². The molecule has 0 aliphatic heterocycles. The Morgan fingerprint density at radius 1 is 1.43 bits per heavy atom. The summed E-state index contributed by atoms with van der Waals surface area (Å²) in [6.07, 6.45) is 9.12. The van der Waals surface area contributed by atoms with Crippen LogP contribution in [0.3, 0.4) is 0 Å². The minimum Gasteiger partial charge on any atom is -0.391 e. The number of hydrogen-bond acceptors (Lipinski definition) is 2. The van der Waals surface area contributed by atoms with Crippen LogP contribution in [0.2, 0.25) is 0 Å². The van der Waals surface area contributed by atoms with Gasteiger partial charge in [-0.15, -0.1) is 0 Å². The maximum atomic E-state index is 11.3. The van der Waals surface area contributed by atoms with Gasteiger partial charge in [-0.3, -0.25) is 4.79 Å². The van der Waals surface area contributed by atoms with E-state index in [1.807, 2.05) is 13.0 Å². The molecule has 1 amide bonds. The van der Waals surface area contributed by atoms with E-state index in [2.05, 4.69) is 5.32 Å². The average Bonchev–Trinajstić information content (AvgIpc) is 2.52. The lowest BCUT2D eigenvalue weighted by atomic mass is 10.2. The molecule has 0 spiro atoms. The molecule has 0 heterocycles. The van der Waals surface area contributed by atoms with E-state index < -0.39 is 0 Å². The quantitative estimate of drug-likeness (QED) is 0.524. The van der Waals surface area contributed by atoms with Gasteiger partial charge in [0.25, 0.3) is 0 Å². The molecule has 2 N–H and O–H groups in total. The molecule has 3 heteroatoms. The fraction of sp³-hybridized carbons (Fsp3) is 0.545. The summed E-state index contributed by atoms with van der Waals surface area (Å²) in [5.74, 6) is -0.131. The smallest absolute Gasteiger partial charge is 0.244 e. The van der Waals surface area contributed by atoms with E-state index in [1.165, 1.54) is 6.08 Å². The third-order valence-corrected chi connectivity index (χ3v) is 2.36. The first-order chi connectivity index (χ1) is 6.74. The van der Waals surface area contributed by atoms with Gasteiger partial charge in [0.1, 0.15) is 0 Å². The van der Waals surface area contributed by atoms with E-state index in [0.717, 1.165) is 19.3 Å². The number of allylic oxidation sites excluding steroid dienone is 3. The fourth-order valence-electron chi connectivity index (χ4n) is 1.59. The summed E-state index contributed by atoms with van der Waals surface area (Å²) >= 11 is 0. The lowest BCUT2D eigenvalue weighted by Gasteiger charge is -2.14. The Morgan fingerprint density at radius 3 is 2.79 bits per heavy atom. The highest BCUT2D eigenvalue weighted by molar-refractivity contribution is 5.88. The molecule has 2 unspecified atom stereocenters. The summed E-state index contributed by atoms with van der Waals surface area (Å²) in [5.41, 5.74) is 0. The zero-order valence-electron chi connectivity index (χ0n) is 8.44. The molecular formula is C11H17NO2. The van der Waals surface area contributed by atoms with Crippen LogP contribution in [-0.2, 0) is 4.79 Å². The van der Waals surface area contributed by atoms with Crippen molar-refractivity contribution in [3.05, 3.63) is 24.3 Å². The highest BCUT2D eigenvalue weighted by Crippen LogP contribution is 2.18. The third kappa shape index (κ3) is 3.34. The first-order valence-corrected chi connectivity index (χ1v) is 5.02. The second kappa shape index (κ2) is 5.60. The van der Waals surface area contributed by atoms with Crippen LogP contribution >= 0.6 is 0 Å². The van der Waals surface area contributed by atoms with Crippen molar-refractivity contribution in [1.29, 1.82) is 0 Å². The number of rotatable bonds is 3. The van der Waals surface area contributed by atoms with Crippen molar-refractivity contribution in [2.45, 2.75) is 38.3 Å². The summed E-state index contributed by atoms with van der Waals surface area (Å²) < 4.78 is 0. The van der Waals surface area contributed by atoms with Crippen LogP contribution in [0, 0.1) is 0 Å². The first kappa shape index (κ1) is 11.0. The van der Waals surface area contributed by atoms with Crippen molar-refractivity contribution < 1.29 is 9.90 Å². The zero-order valence-corrected chi connectivity index (χ0v) is 8.44. The van der Waals surface area contributed by atoms with E-state index in [4.69, 9.17) is 0 Å². The highest BCUT2D eigenvalue weighted by Gasteiger charge is 2.25. The lowest BCUT2D eigenvalue weighted by molar-refractivity contribution is -0.117. The van der Waals surface area contributed by atoms with Gasteiger partial charge in [-0.1, -0.05) is 18.2 Å². The molecule has 0 saturated heterocycles. The number of amides is 1. The molecule has 0 aromatic carbocycles. The Hall–Kier alpha value is -1.09. The van der Waals surface area contributed by atoms with Crippen LogP contribution in [0.1, 0.15) is 26.2 Å². The summed E-state index contributed by atoms with van der Waals surface area (Å²) in [4.78, 5) is 11.3. The third-order valence-electron chi connectivity index (χ3n) is 2.36. The fourth-order valence-corrected chi connectivity index (χ4v) is 1.59. The van der Waals surface area contributed by atoms with Crippen LogP contribution < -0.4 is 5.32 Å². The second-order valence-corrected chi connectivity index (χ2v) is 3.50. The predicted molar refractivity (Wildman–Crippen MR) is 55.7 cm³/mol. The number of nitrogens with one attached hydrogen (secondary N) is 1. The summed E-state index contributed by atoms with van der Waals surface area (Å²) in [6, 6.07) is -0.0576. The molecule has 0 aromatic heterocycles. The maximum absolute atomic E-state index is 11.3. The van der Waals surface area contributed by atoms with Crippen LogP contribution in [0.5, 0.6) is 0 Å². The number of carbonyl (C=O) groups excluding carboxylic acids is 1. The maximum Gasteiger partial charge on any atom is 0.244 e. The van der Waals surface area contributed by atoms with Gasteiger partial charge >= 0.3 is 0 Å². The summed E-state index contributed by atoms with van der Waals surface area (Å²) in [7, 11) is 0. The normalized spacial score (nSPS) is 27.6. The highest BCUT2D eigenvalue weighted by atomic mass is 16.3. The zero-order chi connectivity index (χ0) is 10.4. The Morgan fingerprint density at radius 2 is 2.21 bits per heavy atom. The van der Waals surface area contributed by atoms with Gasteiger partial charge in [-0.05, 0) is 26.2 Å². The van der Waals surface area contributed by atoms with Crippen molar-refractivity contribution in [2.75, 3.05) is 0 Å². The molecule has 1 aliphatic rings. The molecule has 1 rings (SSSR count). The standard InChI is InChI=1S/C11H17NO2/c1-2-3-4-8-11(14)12-9-6-5-7-10(9)13/h2-4,8-10,13H,5-7H2,1H3,(H,12,14)/b3-2+,8-4+. The summed E-state index contributed by atoms with van der Waals surface area (Å²) in [5, 5.41) is 12.2. The van der Waals surface area contributed by atoms with Gasteiger partial charge in [0.2, 0.25) is 5.91 Å². The minimum absolute atomic E-state index is 0.0576.